The molecule has 1 rings (SSSR count). The van der Waals surface area contributed by atoms with Crippen LogP contribution < -0.4 is 4.72 Å². The minimum absolute atomic E-state index is 0.105. The molecule has 5 nitrogen and oxygen atoms in total. The minimum Gasteiger partial charge on any atom is -0.335 e. The van der Waals surface area contributed by atoms with Crippen LogP contribution in [-0.2, 0) is 10.0 Å². The predicted octanol–water partition coefficient (Wildman–Crippen LogP) is 0.0510. The molecular formula is C6H11N3O2S2. The van der Waals surface area contributed by atoms with E-state index in [1.54, 1.807) is 11.8 Å². The summed E-state index contributed by atoms with van der Waals surface area (Å²) in [7, 11) is -3.37. The lowest BCUT2D eigenvalue weighted by atomic mass is 10.8. The number of nitrogens with one attached hydrogen (secondary N) is 2. The fourth-order valence-electron chi connectivity index (χ4n) is 0.746. The summed E-state index contributed by atoms with van der Waals surface area (Å²) in [6, 6.07) is 0. The molecule has 0 spiro atoms. The number of aromatic nitrogens is 2. The molecule has 7 heteroatoms. The maximum Gasteiger partial charge on any atom is 0.257 e. The first-order chi connectivity index (χ1) is 6.17. The lowest BCUT2D eigenvalue weighted by molar-refractivity contribution is 0.581. The van der Waals surface area contributed by atoms with E-state index in [1.165, 1.54) is 12.5 Å². The zero-order valence-electron chi connectivity index (χ0n) is 7.15. The Kier molecular flexibility index (Phi) is 3.76. The first kappa shape index (κ1) is 10.6. The van der Waals surface area contributed by atoms with E-state index in [-0.39, 0.29) is 5.03 Å². The number of rotatable bonds is 5. The van der Waals surface area contributed by atoms with E-state index in [4.69, 9.17) is 0 Å². The summed E-state index contributed by atoms with van der Waals surface area (Å²) >= 11 is 1.59. The van der Waals surface area contributed by atoms with Crippen LogP contribution in [0.25, 0.3) is 0 Å². The average molecular weight is 221 g/mol. The standard InChI is InChI=1S/C6H11N3O2S2/c1-12-3-2-9-13(10,11)6-4-7-5-8-6/h4-5,9H,2-3H2,1H3,(H,7,8). The fourth-order valence-corrected chi connectivity index (χ4v) is 2.12. The molecule has 0 unspecified atom stereocenters. The van der Waals surface area contributed by atoms with Crippen LogP contribution >= 0.6 is 11.8 Å². The maximum atomic E-state index is 11.4. The minimum atomic E-state index is -3.37. The van der Waals surface area contributed by atoms with E-state index in [9.17, 15) is 8.42 Å². The van der Waals surface area contributed by atoms with Gasteiger partial charge < -0.3 is 4.98 Å². The Bertz CT molecular complexity index is 333. The van der Waals surface area contributed by atoms with Crippen LogP contribution in [0.4, 0.5) is 0 Å². The Labute approximate surface area is 81.4 Å². The van der Waals surface area contributed by atoms with Gasteiger partial charge in [-0.1, -0.05) is 0 Å². The highest BCUT2D eigenvalue weighted by Gasteiger charge is 2.13. The van der Waals surface area contributed by atoms with Crippen LogP contribution in [-0.4, -0.2) is 36.9 Å². The van der Waals surface area contributed by atoms with Crippen molar-refractivity contribution in [3.05, 3.63) is 12.5 Å². The van der Waals surface area contributed by atoms with Crippen LogP contribution in [0.2, 0.25) is 0 Å². The Morgan fingerprint density at radius 3 is 3.00 bits per heavy atom. The van der Waals surface area contributed by atoms with Crippen LogP contribution in [0.5, 0.6) is 0 Å². The van der Waals surface area contributed by atoms with Crippen LogP contribution in [0.3, 0.4) is 0 Å². The highest BCUT2D eigenvalue weighted by atomic mass is 32.2. The van der Waals surface area contributed by atoms with E-state index >= 15 is 0 Å². The van der Waals surface area contributed by atoms with Gasteiger partial charge >= 0.3 is 0 Å². The summed E-state index contributed by atoms with van der Waals surface area (Å²) in [5.74, 6) is 0.757. The topological polar surface area (TPSA) is 74.8 Å². The number of nitrogens with zero attached hydrogens (tertiary/aromatic N) is 1. The summed E-state index contributed by atoms with van der Waals surface area (Å²) in [6.45, 7) is 0.433. The number of thioether (sulfide) groups is 1. The molecule has 13 heavy (non-hydrogen) atoms. The number of imidazole rings is 1. The predicted molar refractivity (Wildman–Crippen MR) is 52.2 cm³/mol. The van der Waals surface area contributed by atoms with Gasteiger partial charge in [-0.2, -0.15) is 11.8 Å². The van der Waals surface area contributed by atoms with Crippen molar-refractivity contribution < 1.29 is 8.42 Å². The average Bonchev–Trinajstić information content (AvgIpc) is 2.56. The molecule has 0 aromatic carbocycles. The zero-order chi connectivity index (χ0) is 9.73. The summed E-state index contributed by atoms with van der Waals surface area (Å²) in [5, 5.41) is 0.105. The van der Waals surface area contributed by atoms with Crippen molar-refractivity contribution in [2.24, 2.45) is 0 Å². The quantitative estimate of drug-likeness (QED) is 0.689. The van der Waals surface area contributed by atoms with Gasteiger partial charge in [0.25, 0.3) is 10.0 Å². The van der Waals surface area contributed by atoms with Gasteiger partial charge in [-0.3, -0.25) is 0 Å². The Balaban J connectivity index is 2.58. The lowest BCUT2D eigenvalue weighted by Gasteiger charge is -2.02. The summed E-state index contributed by atoms with van der Waals surface area (Å²) in [5.41, 5.74) is 0. The monoisotopic (exact) mass is 221 g/mol. The molecule has 0 atom stereocenters. The Morgan fingerprint density at radius 1 is 1.69 bits per heavy atom. The molecular weight excluding hydrogens is 210 g/mol. The molecule has 1 aromatic heterocycles. The molecule has 0 saturated heterocycles. The van der Waals surface area contributed by atoms with E-state index in [0.29, 0.717) is 6.54 Å². The third-order valence-electron chi connectivity index (χ3n) is 1.36. The number of aromatic amines is 1. The van der Waals surface area contributed by atoms with Crippen molar-refractivity contribution in [1.29, 1.82) is 0 Å². The SMILES string of the molecule is CSCCNS(=O)(=O)c1cnc[nH]1. The zero-order valence-corrected chi connectivity index (χ0v) is 8.78. The molecule has 0 amide bonds. The molecule has 0 bridgehead atoms. The third kappa shape index (κ3) is 3.02. The molecule has 0 aliphatic rings. The summed E-state index contributed by atoms with van der Waals surface area (Å²) < 4.78 is 25.2. The molecule has 1 heterocycles. The highest BCUT2D eigenvalue weighted by Crippen LogP contribution is 2.01. The largest absolute Gasteiger partial charge is 0.335 e. The Morgan fingerprint density at radius 2 is 2.46 bits per heavy atom. The molecule has 2 N–H and O–H groups in total. The molecule has 74 valence electrons. The number of H-pyrrole nitrogens is 1. The first-order valence-corrected chi connectivity index (χ1v) is 6.51. The van der Waals surface area contributed by atoms with Crippen LogP contribution in [0, 0.1) is 0 Å². The van der Waals surface area contributed by atoms with Gasteiger partial charge in [0, 0.05) is 12.3 Å². The molecule has 1 aromatic rings. The van der Waals surface area contributed by atoms with Crippen LogP contribution in [0.15, 0.2) is 17.6 Å². The van der Waals surface area contributed by atoms with E-state index < -0.39 is 10.0 Å². The van der Waals surface area contributed by atoms with Gasteiger partial charge in [-0.05, 0) is 6.26 Å². The van der Waals surface area contributed by atoms with Crippen molar-refractivity contribution in [2.75, 3.05) is 18.6 Å². The van der Waals surface area contributed by atoms with Crippen LogP contribution in [0.1, 0.15) is 0 Å². The first-order valence-electron chi connectivity index (χ1n) is 3.64. The molecule has 0 radical (unpaired) electrons. The van der Waals surface area contributed by atoms with Crippen molar-refractivity contribution in [3.8, 4) is 0 Å². The second-order valence-electron chi connectivity index (χ2n) is 2.31. The molecule has 0 fully saturated rings. The van der Waals surface area contributed by atoms with E-state index in [1.807, 2.05) is 6.26 Å². The van der Waals surface area contributed by atoms with Gasteiger partial charge in [0.1, 0.15) is 0 Å². The van der Waals surface area contributed by atoms with Gasteiger partial charge in [-0.25, -0.2) is 18.1 Å². The lowest BCUT2D eigenvalue weighted by Crippen LogP contribution is -2.26. The van der Waals surface area contributed by atoms with E-state index in [2.05, 4.69) is 14.7 Å². The van der Waals surface area contributed by atoms with Gasteiger partial charge in [0.15, 0.2) is 5.03 Å². The molecule has 0 aliphatic carbocycles. The third-order valence-corrected chi connectivity index (χ3v) is 3.36. The normalized spacial score (nSPS) is 11.8. The van der Waals surface area contributed by atoms with Crippen molar-refractivity contribution >= 4 is 21.8 Å². The second kappa shape index (κ2) is 4.64. The number of sulfonamides is 1. The van der Waals surface area contributed by atoms with Gasteiger partial charge in [0.05, 0.1) is 12.5 Å². The second-order valence-corrected chi connectivity index (χ2v) is 5.03. The highest BCUT2D eigenvalue weighted by molar-refractivity contribution is 7.98. The Hall–Kier alpha value is -0.530. The number of hydrogen-bond acceptors (Lipinski definition) is 4. The summed E-state index contributed by atoms with van der Waals surface area (Å²) in [4.78, 5) is 6.17. The molecule has 0 saturated carbocycles. The maximum absolute atomic E-state index is 11.4. The smallest absolute Gasteiger partial charge is 0.257 e. The number of hydrogen-bond donors (Lipinski definition) is 2. The van der Waals surface area contributed by atoms with E-state index in [0.717, 1.165) is 5.75 Å². The van der Waals surface area contributed by atoms with Crippen molar-refractivity contribution in [1.82, 2.24) is 14.7 Å². The van der Waals surface area contributed by atoms with Crippen molar-refractivity contribution in [3.63, 3.8) is 0 Å². The van der Waals surface area contributed by atoms with Crippen molar-refractivity contribution in [2.45, 2.75) is 5.03 Å². The van der Waals surface area contributed by atoms with Gasteiger partial charge in [0.2, 0.25) is 0 Å². The summed E-state index contributed by atoms with van der Waals surface area (Å²) in [6.07, 6.45) is 4.54. The molecule has 0 aliphatic heterocycles. The fraction of sp³-hybridized carbons (Fsp3) is 0.500. The van der Waals surface area contributed by atoms with Gasteiger partial charge in [-0.15, -0.1) is 0 Å².